The minimum Gasteiger partial charge on any atom is -0.467 e. The summed E-state index contributed by atoms with van der Waals surface area (Å²) in [4.78, 5) is 26.5. The van der Waals surface area contributed by atoms with Gasteiger partial charge in [-0.3, -0.25) is 18.6 Å². The zero-order chi connectivity index (χ0) is 19.8. The van der Waals surface area contributed by atoms with Crippen molar-refractivity contribution in [3.63, 3.8) is 0 Å². The van der Waals surface area contributed by atoms with Gasteiger partial charge in [0.05, 0.1) is 30.6 Å². The fourth-order valence-corrected chi connectivity index (χ4v) is 3.63. The summed E-state index contributed by atoms with van der Waals surface area (Å²) >= 11 is 0. The predicted molar refractivity (Wildman–Crippen MR) is 107 cm³/mol. The molecule has 4 rings (SSSR count). The summed E-state index contributed by atoms with van der Waals surface area (Å²) in [5, 5.41) is 4.49. The van der Waals surface area contributed by atoms with Crippen LogP contribution in [0, 0.1) is 13.8 Å². The molecule has 0 aliphatic rings. The van der Waals surface area contributed by atoms with Crippen LogP contribution in [0.15, 0.2) is 56.7 Å². The molecule has 0 saturated carbocycles. The molecule has 0 fully saturated rings. The lowest BCUT2D eigenvalue weighted by Crippen LogP contribution is -2.41. The Balaban J connectivity index is 2.00. The van der Waals surface area contributed by atoms with Crippen LogP contribution in [0.3, 0.4) is 0 Å². The summed E-state index contributed by atoms with van der Waals surface area (Å²) in [5.74, 6) is 0.556. The summed E-state index contributed by atoms with van der Waals surface area (Å²) in [5.41, 5.74) is 3.10. The van der Waals surface area contributed by atoms with Crippen molar-refractivity contribution in [1.29, 1.82) is 0 Å². The molecule has 1 aromatic carbocycles. The Morgan fingerprint density at radius 2 is 1.82 bits per heavy atom. The number of fused-ring (bicyclic) bond motifs is 1. The van der Waals surface area contributed by atoms with Crippen LogP contribution in [-0.4, -0.2) is 18.9 Å². The smallest absolute Gasteiger partial charge is 0.332 e. The first-order chi connectivity index (χ1) is 13.5. The Morgan fingerprint density at radius 3 is 2.50 bits per heavy atom. The van der Waals surface area contributed by atoms with Gasteiger partial charge in [0, 0.05) is 6.54 Å². The number of aryl methyl sites for hydroxylation is 3. The Kier molecular flexibility index (Phi) is 4.50. The van der Waals surface area contributed by atoms with Crippen LogP contribution in [0.5, 0.6) is 0 Å². The molecule has 0 bridgehead atoms. The average Bonchev–Trinajstić information content (AvgIpc) is 3.30. The van der Waals surface area contributed by atoms with E-state index in [1.54, 1.807) is 21.4 Å². The number of hydrogen-bond donors (Lipinski definition) is 0. The molecule has 7 heteroatoms. The lowest BCUT2D eigenvalue weighted by atomic mass is 10.1. The molecule has 0 aliphatic carbocycles. The fraction of sp³-hybridized carbons (Fsp3) is 0.286. The largest absolute Gasteiger partial charge is 0.467 e. The van der Waals surface area contributed by atoms with E-state index >= 15 is 0 Å². The zero-order valence-electron chi connectivity index (χ0n) is 16.2. The second-order valence-electron chi connectivity index (χ2n) is 6.93. The van der Waals surface area contributed by atoms with Crippen molar-refractivity contribution in [2.45, 2.75) is 40.4 Å². The summed E-state index contributed by atoms with van der Waals surface area (Å²) in [7, 11) is 0. The number of aromatic nitrogens is 4. The van der Waals surface area contributed by atoms with Crippen molar-refractivity contribution < 1.29 is 4.42 Å². The summed E-state index contributed by atoms with van der Waals surface area (Å²) in [6.45, 7) is 6.77. The molecule has 0 unspecified atom stereocenters. The summed E-state index contributed by atoms with van der Waals surface area (Å²) < 4.78 is 9.90. The highest BCUT2D eigenvalue weighted by Crippen LogP contribution is 2.16. The Labute approximate surface area is 161 Å². The lowest BCUT2D eigenvalue weighted by molar-refractivity contribution is 0.478. The van der Waals surface area contributed by atoms with Crippen molar-refractivity contribution in [1.82, 2.24) is 18.9 Å². The Hall–Kier alpha value is -3.35. The molecule has 0 aliphatic heterocycles. The molecule has 7 nitrogen and oxygen atoms in total. The molecular formula is C21H22N4O3. The second kappa shape index (κ2) is 6.99. The minimum absolute atomic E-state index is 0.0857. The lowest BCUT2D eigenvalue weighted by Gasteiger charge is -2.13. The summed E-state index contributed by atoms with van der Waals surface area (Å²) in [6, 6.07) is 11.5. The van der Waals surface area contributed by atoms with Crippen LogP contribution in [0.25, 0.3) is 11.0 Å². The van der Waals surface area contributed by atoms with E-state index in [0.29, 0.717) is 35.6 Å². The van der Waals surface area contributed by atoms with E-state index in [4.69, 9.17) is 4.42 Å². The molecule has 144 valence electrons. The van der Waals surface area contributed by atoms with Gasteiger partial charge in [0.1, 0.15) is 5.76 Å². The van der Waals surface area contributed by atoms with Crippen molar-refractivity contribution in [3.05, 3.63) is 86.1 Å². The van der Waals surface area contributed by atoms with E-state index in [1.807, 2.05) is 45.0 Å². The standard InChI is InChI=1S/C21H22N4O3/c1-4-25-19-18(15(3)22-25)23(12-16-8-5-7-14(2)11-16)21(27)24(20(19)26)13-17-9-6-10-28-17/h5-11H,4,12-13H2,1-3H3. The molecule has 0 saturated heterocycles. The molecule has 0 atom stereocenters. The number of nitrogens with zero attached hydrogens (tertiary/aromatic N) is 4. The molecule has 28 heavy (non-hydrogen) atoms. The van der Waals surface area contributed by atoms with Crippen LogP contribution in [0.1, 0.15) is 29.5 Å². The van der Waals surface area contributed by atoms with Crippen LogP contribution in [0.4, 0.5) is 0 Å². The van der Waals surface area contributed by atoms with Gasteiger partial charge >= 0.3 is 5.69 Å². The highest BCUT2D eigenvalue weighted by atomic mass is 16.3. The maximum atomic E-state index is 13.3. The van der Waals surface area contributed by atoms with Gasteiger partial charge in [0.15, 0.2) is 5.52 Å². The Bertz CT molecular complexity index is 1260. The van der Waals surface area contributed by atoms with Crippen LogP contribution >= 0.6 is 0 Å². The maximum Gasteiger partial charge on any atom is 0.332 e. The monoisotopic (exact) mass is 378 g/mol. The van der Waals surface area contributed by atoms with Crippen molar-refractivity contribution in [2.24, 2.45) is 0 Å². The van der Waals surface area contributed by atoms with Crippen molar-refractivity contribution in [2.75, 3.05) is 0 Å². The fourth-order valence-electron chi connectivity index (χ4n) is 3.63. The number of furan rings is 1. The van der Waals surface area contributed by atoms with E-state index in [0.717, 1.165) is 11.1 Å². The van der Waals surface area contributed by atoms with E-state index in [-0.39, 0.29) is 17.8 Å². The summed E-state index contributed by atoms with van der Waals surface area (Å²) in [6.07, 6.45) is 1.53. The van der Waals surface area contributed by atoms with Gasteiger partial charge in [-0.25, -0.2) is 4.79 Å². The maximum absolute atomic E-state index is 13.3. The van der Waals surface area contributed by atoms with Gasteiger partial charge in [0.25, 0.3) is 5.56 Å². The predicted octanol–water partition coefficient (Wildman–Crippen LogP) is 2.69. The first kappa shape index (κ1) is 18.0. The molecular weight excluding hydrogens is 356 g/mol. The molecule has 0 radical (unpaired) electrons. The normalized spacial score (nSPS) is 11.4. The topological polar surface area (TPSA) is 75.0 Å². The van der Waals surface area contributed by atoms with Crippen molar-refractivity contribution in [3.8, 4) is 0 Å². The van der Waals surface area contributed by atoms with E-state index < -0.39 is 0 Å². The molecule has 0 amide bonds. The van der Waals surface area contributed by atoms with Gasteiger partial charge in [0.2, 0.25) is 0 Å². The first-order valence-corrected chi connectivity index (χ1v) is 9.28. The Morgan fingerprint density at radius 1 is 1.00 bits per heavy atom. The molecule has 4 aromatic rings. The quantitative estimate of drug-likeness (QED) is 0.535. The van der Waals surface area contributed by atoms with E-state index in [1.165, 1.54) is 10.8 Å². The molecule has 3 heterocycles. The third kappa shape index (κ3) is 2.98. The minimum atomic E-state index is -0.367. The number of benzene rings is 1. The number of hydrogen-bond acceptors (Lipinski definition) is 4. The highest BCUT2D eigenvalue weighted by Gasteiger charge is 2.20. The zero-order valence-corrected chi connectivity index (χ0v) is 16.2. The second-order valence-corrected chi connectivity index (χ2v) is 6.93. The van der Waals surface area contributed by atoms with Gasteiger partial charge in [-0.2, -0.15) is 5.10 Å². The van der Waals surface area contributed by atoms with Gasteiger partial charge in [-0.15, -0.1) is 0 Å². The van der Waals surface area contributed by atoms with Crippen LogP contribution < -0.4 is 11.2 Å². The SMILES string of the molecule is CCn1nc(C)c2c1c(=O)n(Cc1ccco1)c(=O)n2Cc1cccc(C)c1. The third-order valence-corrected chi connectivity index (χ3v) is 4.89. The average molecular weight is 378 g/mol. The molecule has 0 spiro atoms. The third-order valence-electron chi connectivity index (χ3n) is 4.89. The van der Waals surface area contributed by atoms with Gasteiger partial charge in [-0.1, -0.05) is 29.8 Å². The number of rotatable bonds is 5. The van der Waals surface area contributed by atoms with E-state index in [2.05, 4.69) is 5.10 Å². The van der Waals surface area contributed by atoms with Gasteiger partial charge < -0.3 is 4.42 Å². The first-order valence-electron chi connectivity index (χ1n) is 9.28. The van der Waals surface area contributed by atoms with Crippen LogP contribution in [0.2, 0.25) is 0 Å². The van der Waals surface area contributed by atoms with Crippen molar-refractivity contribution >= 4 is 11.0 Å². The molecule has 0 N–H and O–H groups in total. The molecule has 3 aromatic heterocycles. The van der Waals surface area contributed by atoms with E-state index in [9.17, 15) is 9.59 Å². The van der Waals surface area contributed by atoms with Gasteiger partial charge in [-0.05, 0) is 38.5 Å². The van der Waals surface area contributed by atoms with Crippen LogP contribution in [-0.2, 0) is 19.6 Å². The highest BCUT2D eigenvalue weighted by molar-refractivity contribution is 5.77.